The number of hydrogen-bond acceptors (Lipinski definition) is 3. The second kappa shape index (κ2) is 6.90. The van der Waals surface area contributed by atoms with Crippen LogP contribution in [0.15, 0.2) is 47.4 Å². The minimum Gasteiger partial charge on any atom is -0.744 e. The maximum absolute atomic E-state index is 10.4. The minimum absolute atomic E-state index is 0.178. The SMILES string of the molecule is Cc1ccc(S(=O)(=O)[O-])cc1.[CH+]=CC=CC. The largest absolute Gasteiger partial charge is 0.744 e. The minimum atomic E-state index is -4.27. The number of benzene rings is 1. The van der Waals surface area contributed by atoms with E-state index in [0.717, 1.165) is 5.56 Å². The van der Waals surface area contributed by atoms with Gasteiger partial charge < -0.3 is 4.55 Å². The Labute approximate surface area is 96.9 Å². The zero-order valence-corrected chi connectivity index (χ0v) is 10.1. The van der Waals surface area contributed by atoms with Crippen LogP contribution in [-0.2, 0) is 10.1 Å². The summed E-state index contributed by atoms with van der Waals surface area (Å²) < 4.78 is 31.2. The second-order valence-electron chi connectivity index (χ2n) is 2.99. The molecule has 1 aromatic rings. The molecule has 86 valence electrons. The molecule has 0 aliphatic carbocycles. The first-order chi connectivity index (χ1) is 7.41. The Hall–Kier alpha value is -1.48. The molecule has 0 atom stereocenters. The molecule has 1 rings (SSSR count). The Kier molecular flexibility index (Phi) is 6.27. The number of rotatable bonds is 2. The van der Waals surface area contributed by atoms with E-state index in [9.17, 15) is 13.0 Å². The van der Waals surface area contributed by atoms with Gasteiger partial charge in [-0.1, -0.05) is 17.7 Å². The topological polar surface area (TPSA) is 57.2 Å². The summed E-state index contributed by atoms with van der Waals surface area (Å²) in [5.74, 6) is 0. The zero-order chi connectivity index (χ0) is 12.6. The first-order valence-electron chi connectivity index (χ1n) is 4.60. The van der Waals surface area contributed by atoms with E-state index in [1.165, 1.54) is 18.2 Å². The third-order valence-electron chi connectivity index (χ3n) is 1.61. The van der Waals surface area contributed by atoms with Crippen molar-refractivity contribution in [2.24, 2.45) is 0 Å². The van der Waals surface area contributed by atoms with Crippen molar-refractivity contribution >= 4 is 10.1 Å². The zero-order valence-electron chi connectivity index (χ0n) is 9.25. The Bertz CT molecular complexity index is 442. The summed E-state index contributed by atoms with van der Waals surface area (Å²) in [7, 11) is -4.27. The molecule has 4 heteroatoms. The van der Waals surface area contributed by atoms with Gasteiger partial charge in [-0.05, 0) is 32.1 Å². The summed E-state index contributed by atoms with van der Waals surface area (Å²) in [6.07, 6.45) is 5.15. The van der Waals surface area contributed by atoms with Crippen LogP contribution in [0.1, 0.15) is 12.5 Å². The van der Waals surface area contributed by atoms with Crippen LogP contribution in [-0.4, -0.2) is 13.0 Å². The maximum atomic E-state index is 10.4. The van der Waals surface area contributed by atoms with E-state index in [-0.39, 0.29) is 4.90 Å². The van der Waals surface area contributed by atoms with Crippen LogP contribution in [0.2, 0.25) is 0 Å². The van der Waals surface area contributed by atoms with Gasteiger partial charge in [0.05, 0.1) is 11.0 Å². The number of hydrogen-bond donors (Lipinski definition) is 0. The van der Waals surface area contributed by atoms with Crippen molar-refractivity contribution in [3.05, 3.63) is 54.6 Å². The summed E-state index contributed by atoms with van der Waals surface area (Å²) in [4.78, 5) is -0.178. The molecule has 0 N–H and O–H groups in total. The quantitative estimate of drug-likeness (QED) is 0.452. The van der Waals surface area contributed by atoms with Crippen LogP contribution in [0.3, 0.4) is 0 Å². The predicted molar refractivity (Wildman–Crippen MR) is 62.8 cm³/mol. The fourth-order valence-electron chi connectivity index (χ4n) is 0.816. The highest BCUT2D eigenvalue weighted by Gasteiger charge is 1.97. The van der Waals surface area contributed by atoms with Gasteiger partial charge in [-0.25, -0.2) is 8.42 Å². The Morgan fingerprint density at radius 2 is 1.75 bits per heavy atom. The summed E-state index contributed by atoms with van der Waals surface area (Å²) in [6, 6.07) is 5.78. The Morgan fingerprint density at radius 1 is 1.25 bits per heavy atom. The molecule has 0 fully saturated rings. The van der Waals surface area contributed by atoms with E-state index in [1.807, 2.05) is 19.9 Å². The summed E-state index contributed by atoms with van der Waals surface area (Å²) in [5.41, 5.74) is 0.928. The molecule has 0 aliphatic rings. The summed E-state index contributed by atoms with van der Waals surface area (Å²) in [6.45, 7) is 8.67. The molecule has 0 amide bonds. The maximum Gasteiger partial charge on any atom is 0.151 e. The molecule has 16 heavy (non-hydrogen) atoms. The highest BCUT2D eigenvalue weighted by atomic mass is 32.2. The monoisotopic (exact) mass is 238 g/mol. The summed E-state index contributed by atoms with van der Waals surface area (Å²) in [5, 5.41) is 0. The first-order valence-corrected chi connectivity index (χ1v) is 6.01. The Morgan fingerprint density at radius 3 is 2.00 bits per heavy atom. The van der Waals surface area contributed by atoms with Gasteiger partial charge in [0.1, 0.15) is 10.1 Å². The molecule has 0 bridgehead atoms. The van der Waals surface area contributed by atoms with Crippen molar-refractivity contribution in [3.63, 3.8) is 0 Å². The van der Waals surface area contributed by atoms with Gasteiger partial charge in [-0.3, -0.25) is 0 Å². The normalized spacial score (nSPS) is 10.6. The number of aryl methyl sites for hydroxylation is 1. The smallest absolute Gasteiger partial charge is 0.151 e. The van der Waals surface area contributed by atoms with Crippen LogP contribution < -0.4 is 0 Å². The molecule has 0 saturated heterocycles. The fraction of sp³-hybridized carbons (Fsp3) is 0.167. The third kappa shape index (κ3) is 6.09. The standard InChI is InChI=1S/C7H8O3S.C5H7/c1-6-2-4-7(5-3-6)11(8,9)10;1-3-5-4-2/h2-5H,1H3,(H,8,9,10);1,3-5H,2H3/q;+1/p-1. The first kappa shape index (κ1) is 14.5. The fourth-order valence-corrected chi connectivity index (χ4v) is 1.29. The molecule has 0 saturated carbocycles. The molecule has 3 nitrogen and oxygen atoms in total. The lowest BCUT2D eigenvalue weighted by Gasteiger charge is -2.05. The second-order valence-corrected chi connectivity index (χ2v) is 4.37. The molecular formula is C12H14O3S. The van der Waals surface area contributed by atoms with E-state index in [1.54, 1.807) is 18.2 Å². The van der Waals surface area contributed by atoms with Gasteiger partial charge in [0.25, 0.3) is 0 Å². The van der Waals surface area contributed by atoms with Crippen LogP contribution >= 0.6 is 0 Å². The van der Waals surface area contributed by atoms with Gasteiger partial charge in [-0.2, -0.15) is 0 Å². The van der Waals surface area contributed by atoms with Gasteiger partial charge in [0.2, 0.25) is 0 Å². The molecule has 0 radical (unpaired) electrons. The lowest BCUT2D eigenvalue weighted by Crippen LogP contribution is -1.97. The van der Waals surface area contributed by atoms with Gasteiger partial charge in [-0.15, -0.1) is 0 Å². The molecule has 0 unspecified atom stereocenters. The van der Waals surface area contributed by atoms with Crippen molar-refractivity contribution in [1.29, 1.82) is 0 Å². The van der Waals surface area contributed by atoms with E-state index in [2.05, 4.69) is 0 Å². The van der Waals surface area contributed by atoms with Crippen molar-refractivity contribution in [2.45, 2.75) is 18.7 Å². The molecule has 0 aliphatic heterocycles. The van der Waals surface area contributed by atoms with E-state index in [0.29, 0.717) is 0 Å². The molecule has 0 spiro atoms. The number of allylic oxidation sites excluding steroid dienone is 3. The van der Waals surface area contributed by atoms with Crippen molar-refractivity contribution in [3.8, 4) is 0 Å². The molecule has 1 aromatic carbocycles. The van der Waals surface area contributed by atoms with E-state index >= 15 is 0 Å². The molecule has 0 aromatic heterocycles. The lowest BCUT2D eigenvalue weighted by molar-refractivity contribution is 0.463. The highest BCUT2D eigenvalue weighted by Crippen LogP contribution is 2.08. The van der Waals surface area contributed by atoms with Gasteiger partial charge in [0.15, 0.2) is 6.08 Å². The van der Waals surface area contributed by atoms with Gasteiger partial charge >= 0.3 is 0 Å². The van der Waals surface area contributed by atoms with Crippen molar-refractivity contribution in [2.75, 3.05) is 0 Å². The van der Waals surface area contributed by atoms with Crippen molar-refractivity contribution < 1.29 is 13.0 Å². The van der Waals surface area contributed by atoms with Crippen LogP contribution in [0.25, 0.3) is 0 Å². The van der Waals surface area contributed by atoms with E-state index in [4.69, 9.17) is 6.58 Å². The Balaban J connectivity index is 0.000000385. The average molecular weight is 238 g/mol. The van der Waals surface area contributed by atoms with Crippen LogP contribution in [0.4, 0.5) is 0 Å². The average Bonchev–Trinajstić information content (AvgIpc) is 2.19. The predicted octanol–water partition coefficient (Wildman–Crippen LogP) is 2.45. The lowest BCUT2D eigenvalue weighted by atomic mass is 10.2. The van der Waals surface area contributed by atoms with Crippen molar-refractivity contribution in [1.82, 2.24) is 0 Å². The van der Waals surface area contributed by atoms with Gasteiger partial charge in [0, 0.05) is 6.58 Å². The highest BCUT2D eigenvalue weighted by molar-refractivity contribution is 7.85. The van der Waals surface area contributed by atoms with Crippen LogP contribution in [0, 0.1) is 13.5 Å². The van der Waals surface area contributed by atoms with E-state index < -0.39 is 10.1 Å². The summed E-state index contributed by atoms with van der Waals surface area (Å²) >= 11 is 0. The molecule has 0 heterocycles. The van der Waals surface area contributed by atoms with Crippen LogP contribution in [0.5, 0.6) is 0 Å². The third-order valence-corrected chi connectivity index (χ3v) is 2.46. The molecular weight excluding hydrogens is 224 g/mol.